The lowest BCUT2D eigenvalue weighted by Gasteiger charge is -2.20. The largest absolute Gasteiger partial charge is 0.426 e. The van der Waals surface area contributed by atoms with Crippen molar-refractivity contribution in [2.75, 3.05) is 0 Å². The van der Waals surface area contributed by atoms with E-state index in [2.05, 4.69) is 37.3 Å². The Morgan fingerprint density at radius 1 is 1.00 bits per heavy atom. The van der Waals surface area contributed by atoms with E-state index in [4.69, 9.17) is 4.74 Å². The molecule has 0 amide bonds. The van der Waals surface area contributed by atoms with Crippen LogP contribution in [0.3, 0.4) is 0 Å². The van der Waals surface area contributed by atoms with Gasteiger partial charge in [0, 0.05) is 6.42 Å². The van der Waals surface area contributed by atoms with E-state index < -0.39 is 0 Å². The van der Waals surface area contributed by atoms with Crippen molar-refractivity contribution in [2.24, 2.45) is 17.8 Å². The van der Waals surface area contributed by atoms with Crippen LogP contribution in [0.2, 0.25) is 0 Å². The molecule has 2 aliphatic carbocycles. The number of hydrogen-bond acceptors (Lipinski definition) is 2. The quantitative estimate of drug-likeness (QED) is 0.529. The van der Waals surface area contributed by atoms with Crippen molar-refractivity contribution in [3.8, 4) is 16.9 Å². The summed E-state index contributed by atoms with van der Waals surface area (Å²) in [6.45, 7) is 4.10. The van der Waals surface area contributed by atoms with Crippen molar-refractivity contribution in [1.82, 2.24) is 0 Å². The van der Waals surface area contributed by atoms with Crippen molar-refractivity contribution in [1.29, 1.82) is 0 Å². The van der Waals surface area contributed by atoms with E-state index in [1.807, 2.05) is 19.1 Å². The Morgan fingerprint density at radius 2 is 1.76 bits per heavy atom. The fourth-order valence-electron chi connectivity index (χ4n) is 4.69. The third kappa shape index (κ3) is 3.49. The van der Waals surface area contributed by atoms with Crippen LogP contribution in [0.15, 0.2) is 42.5 Å². The minimum atomic E-state index is -0.0660. The molecule has 2 saturated carbocycles. The second-order valence-corrected chi connectivity index (χ2v) is 7.96. The van der Waals surface area contributed by atoms with Crippen molar-refractivity contribution in [3.05, 3.63) is 53.6 Å². The number of rotatable bonds is 4. The number of carbonyl (C=O) groups is 1. The Balaban J connectivity index is 1.42. The van der Waals surface area contributed by atoms with Gasteiger partial charge in [-0.25, -0.2) is 0 Å². The predicted molar refractivity (Wildman–Crippen MR) is 101 cm³/mol. The van der Waals surface area contributed by atoms with Crippen LogP contribution < -0.4 is 4.74 Å². The second kappa shape index (κ2) is 6.67. The highest BCUT2D eigenvalue weighted by Gasteiger charge is 2.40. The first-order chi connectivity index (χ1) is 12.1. The average molecular weight is 334 g/mol. The summed E-state index contributed by atoms with van der Waals surface area (Å²) in [4.78, 5) is 12.4. The molecule has 2 fully saturated rings. The molecular formula is C23H26O2. The van der Waals surface area contributed by atoms with Crippen LogP contribution in [-0.2, 0) is 4.79 Å². The van der Waals surface area contributed by atoms with Gasteiger partial charge in [0.25, 0.3) is 0 Å². The molecule has 0 heterocycles. The molecule has 4 rings (SSSR count). The lowest BCUT2D eigenvalue weighted by Crippen LogP contribution is -2.19. The first-order valence-corrected chi connectivity index (χ1v) is 9.47. The zero-order chi connectivity index (χ0) is 17.4. The molecule has 130 valence electrons. The normalized spacial score (nSPS) is 24.5. The smallest absolute Gasteiger partial charge is 0.311 e. The number of esters is 1. The van der Waals surface area contributed by atoms with Gasteiger partial charge >= 0.3 is 5.97 Å². The Kier molecular flexibility index (Phi) is 4.37. The van der Waals surface area contributed by atoms with Gasteiger partial charge in [0.1, 0.15) is 5.75 Å². The van der Waals surface area contributed by atoms with Gasteiger partial charge in [-0.05, 0) is 79.7 Å². The maximum atomic E-state index is 12.4. The van der Waals surface area contributed by atoms with Crippen LogP contribution in [-0.4, -0.2) is 5.97 Å². The van der Waals surface area contributed by atoms with Gasteiger partial charge in [-0.3, -0.25) is 4.79 Å². The van der Waals surface area contributed by atoms with Crippen LogP contribution in [0.1, 0.15) is 43.2 Å². The zero-order valence-corrected chi connectivity index (χ0v) is 15.1. The molecule has 2 aromatic carbocycles. The maximum Gasteiger partial charge on any atom is 0.311 e. The molecule has 2 aliphatic rings. The molecule has 25 heavy (non-hydrogen) atoms. The van der Waals surface area contributed by atoms with E-state index in [9.17, 15) is 4.79 Å². The number of carbonyl (C=O) groups excluding carboxylic acids is 1. The third-order valence-electron chi connectivity index (χ3n) is 6.10. The molecule has 0 aromatic heterocycles. The molecule has 0 spiro atoms. The Hall–Kier alpha value is -2.09. The monoisotopic (exact) mass is 334 g/mol. The molecule has 2 aromatic rings. The lowest BCUT2D eigenvalue weighted by atomic mass is 9.86. The van der Waals surface area contributed by atoms with E-state index in [0.29, 0.717) is 18.1 Å². The van der Waals surface area contributed by atoms with E-state index in [0.717, 1.165) is 23.0 Å². The van der Waals surface area contributed by atoms with Crippen molar-refractivity contribution in [3.63, 3.8) is 0 Å². The molecule has 3 atom stereocenters. The van der Waals surface area contributed by atoms with Gasteiger partial charge in [-0.1, -0.05) is 42.3 Å². The van der Waals surface area contributed by atoms with E-state index in [-0.39, 0.29) is 5.97 Å². The lowest BCUT2D eigenvalue weighted by molar-refractivity contribution is -0.135. The van der Waals surface area contributed by atoms with Crippen LogP contribution in [0.5, 0.6) is 5.75 Å². The minimum Gasteiger partial charge on any atom is -0.426 e. The van der Waals surface area contributed by atoms with Gasteiger partial charge in [0.05, 0.1) is 0 Å². The first-order valence-electron chi connectivity index (χ1n) is 9.47. The summed E-state index contributed by atoms with van der Waals surface area (Å²) in [5.41, 5.74) is 4.62. The van der Waals surface area contributed by atoms with Crippen molar-refractivity contribution in [2.45, 2.75) is 46.0 Å². The Morgan fingerprint density at radius 3 is 2.40 bits per heavy atom. The number of hydrogen-bond donors (Lipinski definition) is 0. The van der Waals surface area contributed by atoms with Crippen molar-refractivity contribution < 1.29 is 9.53 Å². The number of fused-ring (bicyclic) bond motifs is 2. The highest BCUT2D eigenvalue weighted by Crippen LogP contribution is 2.49. The Bertz CT molecular complexity index is 775. The van der Waals surface area contributed by atoms with Crippen LogP contribution in [0.4, 0.5) is 0 Å². The van der Waals surface area contributed by atoms with Gasteiger partial charge in [0.15, 0.2) is 0 Å². The van der Waals surface area contributed by atoms with Gasteiger partial charge < -0.3 is 4.74 Å². The van der Waals surface area contributed by atoms with Crippen LogP contribution >= 0.6 is 0 Å². The molecule has 0 radical (unpaired) electrons. The molecule has 0 unspecified atom stereocenters. The summed E-state index contributed by atoms with van der Waals surface area (Å²) in [6.07, 6.45) is 5.83. The fourth-order valence-corrected chi connectivity index (χ4v) is 4.69. The second-order valence-electron chi connectivity index (χ2n) is 7.96. The fraction of sp³-hybridized carbons (Fsp3) is 0.435. The predicted octanol–water partition coefficient (Wildman–Crippen LogP) is 5.70. The van der Waals surface area contributed by atoms with Gasteiger partial charge in [-0.15, -0.1) is 0 Å². The topological polar surface area (TPSA) is 26.3 Å². The summed E-state index contributed by atoms with van der Waals surface area (Å²) in [5, 5.41) is 0. The minimum absolute atomic E-state index is 0.0660. The Labute approximate surface area is 150 Å². The SMILES string of the molecule is Cc1ccc(-c2ccc(OC(=O)C[C@H]3C[C@@H]4CC[C@@H]3C4)c(C)c2)cc1. The average Bonchev–Trinajstić information content (AvgIpc) is 3.20. The number of ether oxygens (including phenoxy) is 1. The number of benzene rings is 2. The van der Waals surface area contributed by atoms with Gasteiger partial charge in [-0.2, -0.15) is 0 Å². The van der Waals surface area contributed by atoms with E-state index >= 15 is 0 Å². The summed E-state index contributed by atoms with van der Waals surface area (Å²) in [6, 6.07) is 14.6. The first kappa shape index (κ1) is 16.4. The molecule has 2 heteroatoms. The molecular weight excluding hydrogens is 308 g/mol. The highest BCUT2D eigenvalue weighted by atomic mass is 16.5. The molecule has 0 saturated heterocycles. The zero-order valence-electron chi connectivity index (χ0n) is 15.1. The summed E-state index contributed by atoms with van der Waals surface area (Å²) in [5.74, 6) is 2.83. The van der Waals surface area contributed by atoms with Gasteiger partial charge in [0.2, 0.25) is 0 Å². The van der Waals surface area contributed by atoms with E-state index in [1.54, 1.807) is 0 Å². The van der Waals surface area contributed by atoms with Crippen molar-refractivity contribution >= 4 is 5.97 Å². The summed E-state index contributed by atoms with van der Waals surface area (Å²) < 4.78 is 5.69. The summed E-state index contributed by atoms with van der Waals surface area (Å²) in [7, 11) is 0. The van der Waals surface area contributed by atoms with Crippen LogP contribution in [0, 0.1) is 31.6 Å². The summed E-state index contributed by atoms with van der Waals surface area (Å²) >= 11 is 0. The highest BCUT2D eigenvalue weighted by molar-refractivity contribution is 5.74. The third-order valence-corrected chi connectivity index (χ3v) is 6.10. The molecule has 0 aliphatic heterocycles. The van der Waals surface area contributed by atoms with E-state index in [1.165, 1.54) is 36.8 Å². The number of aryl methyl sites for hydroxylation is 2. The standard InChI is InChI=1S/C23H26O2/c1-15-3-6-18(7-4-15)19-9-10-22(16(2)11-19)25-23(24)14-21-13-17-5-8-20(21)12-17/h3-4,6-7,9-11,17,20-21H,5,8,12-14H2,1-2H3/t17-,20-,21-/m1/s1. The molecule has 2 bridgehead atoms. The molecule has 0 N–H and O–H groups in total. The van der Waals surface area contributed by atoms with Crippen LogP contribution in [0.25, 0.3) is 11.1 Å². The molecule has 2 nitrogen and oxygen atoms in total. The maximum absolute atomic E-state index is 12.4.